The number of hydrogen-bond donors (Lipinski definition) is 2. The van der Waals surface area contributed by atoms with Gasteiger partial charge in [0.05, 0.1) is 0 Å². The maximum atomic E-state index is 5.26. The topological polar surface area (TPSA) is 24.1 Å². The third-order valence-corrected chi connectivity index (χ3v) is 2.98. The Balaban J connectivity index is 1.88. The van der Waals surface area contributed by atoms with Gasteiger partial charge in [0.1, 0.15) is 0 Å². The molecule has 18 heavy (non-hydrogen) atoms. The average molecular weight is 256 g/mol. The average Bonchev–Trinajstić information content (AvgIpc) is 2.39. The van der Waals surface area contributed by atoms with Gasteiger partial charge in [-0.1, -0.05) is 42.5 Å². The summed E-state index contributed by atoms with van der Waals surface area (Å²) in [5.41, 5.74) is 3.53. The van der Waals surface area contributed by atoms with E-state index in [1.807, 2.05) is 42.5 Å². The molecule has 0 aromatic heterocycles. The first-order chi connectivity index (χ1) is 8.75. The third-order valence-electron chi connectivity index (χ3n) is 2.73. The lowest BCUT2D eigenvalue weighted by atomic mass is 10.1. The van der Waals surface area contributed by atoms with Crippen molar-refractivity contribution in [3.05, 3.63) is 65.7 Å². The highest BCUT2D eigenvalue weighted by Crippen LogP contribution is 2.07. The lowest BCUT2D eigenvalue weighted by Crippen LogP contribution is -2.28. The Bertz CT molecular complexity index is 523. The normalized spacial score (nSPS) is 9.83. The largest absolute Gasteiger partial charge is 0.358 e. The van der Waals surface area contributed by atoms with Crippen LogP contribution in [0.1, 0.15) is 11.1 Å². The van der Waals surface area contributed by atoms with Gasteiger partial charge in [0.15, 0.2) is 5.11 Å². The minimum Gasteiger partial charge on any atom is -0.358 e. The minimum atomic E-state index is 0.643. The summed E-state index contributed by atoms with van der Waals surface area (Å²) in [6, 6.07) is 18.2. The second kappa shape index (κ2) is 6.17. The quantitative estimate of drug-likeness (QED) is 0.822. The number of anilines is 1. The van der Waals surface area contributed by atoms with Crippen molar-refractivity contribution in [3.8, 4) is 0 Å². The summed E-state index contributed by atoms with van der Waals surface area (Å²) in [6.45, 7) is 2.84. The molecule has 92 valence electrons. The van der Waals surface area contributed by atoms with Gasteiger partial charge in [-0.15, -0.1) is 0 Å². The zero-order chi connectivity index (χ0) is 12.8. The van der Waals surface area contributed by atoms with Gasteiger partial charge in [0.25, 0.3) is 0 Å². The fourth-order valence-corrected chi connectivity index (χ4v) is 1.87. The summed E-state index contributed by atoms with van der Waals surface area (Å²) >= 11 is 5.26. The Morgan fingerprint density at radius 1 is 1.00 bits per heavy atom. The molecule has 2 rings (SSSR count). The van der Waals surface area contributed by atoms with Crippen LogP contribution in [0.2, 0.25) is 0 Å². The molecule has 0 bridgehead atoms. The van der Waals surface area contributed by atoms with Gasteiger partial charge in [-0.2, -0.15) is 0 Å². The maximum absolute atomic E-state index is 5.26. The van der Waals surface area contributed by atoms with E-state index in [0.29, 0.717) is 5.11 Å². The van der Waals surface area contributed by atoms with Gasteiger partial charge in [-0.25, -0.2) is 0 Å². The van der Waals surface area contributed by atoms with Gasteiger partial charge in [-0.05, 0) is 42.4 Å². The van der Waals surface area contributed by atoms with E-state index in [4.69, 9.17) is 12.2 Å². The lowest BCUT2D eigenvalue weighted by Gasteiger charge is -2.11. The maximum Gasteiger partial charge on any atom is 0.171 e. The van der Waals surface area contributed by atoms with Crippen LogP contribution in [0.3, 0.4) is 0 Å². The SMILES string of the molecule is Cc1ccccc1CNC(=S)Nc1ccccc1. The van der Waals surface area contributed by atoms with Gasteiger partial charge in [-0.3, -0.25) is 0 Å². The lowest BCUT2D eigenvalue weighted by molar-refractivity contribution is 0.915. The van der Waals surface area contributed by atoms with E-state index in [9.17, 15) is 0 Å². The van der Waals surface area contributed by atoms with E-state index in [1.54, 1.807) is 0 Å². The van der Waals surface area contributed by atoms with E-state index in [1.165, 1.54) is 11.1 Å². The van der Waals surface area contributed by atoms with Crippen molar-refractivity contribution in [1.29, 1.82) is 0 Å². The predicted octanol–water partition coefficient (Wildman–Crippen LogP) is 3.48. The van der Waals surface area contributed by atoms with Crippen molar-refractivity contribution in [1.82, 2.24) is 5.32 Å². The first-order valence-corrected chi connectivity index (χ1v) is 6.31. The van der Waals surface area contributed by atoms with Crippen LogP contribution in [0.15, 0.2) is 54.6 Å². The Morgan fingerprint density at radius 2 is 1.67 bits per heavy atom. The van der Waals surface area contributed by atoms with Crippen LogP contribution in [-0.2, 0) is 6.54 Å². The summed E-state index contributed by atoms with van der Waals surface area (Å²) < 4.78 is 0. The molecule has 0 radical (unpaired) electrons. The highest BCUT2D eigenvalue weighted by atomic mass is 32.1. The predicted molar refractivity (Wildman–Crippen MR) is 80.7 cm³/mol. The molecule has 0 saturated heterocycles. The number of hydrogen-bond acceptors (Lipinski definition) is 1. The summed E-state index contributed by atoms with van der Waals surface area (Å²) in [7, 11) is 0. The number of para-hydroxylation sites is 1. The number of rotatable bonds is 3. The van der Waals surface area contributed by atoms with E-state index in [-0.39, 0.29) is 0 Å². The Hall–Kier alpha value is -1.87. The fraction of sp³-hybridized carbons (Fsp3) is 0.133. The van der Waals surface area contributed by atoms with Crippen molar-refractivity contribution in [3.63, 3.8) is 0 Å². The van der Waals surface area contributed by atoms with Crippen molar-refractivity contribution in [2.24, 2.45) is 0 Å². The highest BCUT2D eigenvalue weighted by Gasteiger charge is 1.99. The van der Waals surface area contributed by atoms with Gasteiger partial charge in [0.2, 0.25) is 0 Å². The van der Waals surface area contributed by atoms with Crippen LogP contribution in [0.5, 0.6) is 0 Å². The summed E-state index contributed by atoms with van der Waals surface area (Å²) in [5, 5.41) is 7.00. The third kappa shape index (κ3) is 3.57. The Labute approximate surface area is 113 Å². The number of nitrogens with one attached hydrogen (secondary N) is 2. The molecule has 0 fully saturated rings. The molecule has 2 N–H and O–H groups in total. The summed E-state index contributed by atoms with van der Waals surface area (Å²) in [6.07, 6.45) is 0. The molecule has 2 aromatic rings. The van der Waals surface area contributed by atoms with Gasteiger partial charge < -0.3 is 10.6 Å². The molecule has 0 atom stereocenters. The molecule has 0 saturated carbocycles. The van der Waals surface area contributed by atoms with Crippen molar-refractivity contribution in [2.45, 2.75) is 13.5 Å². The Kier molecular flexibility index (Phi) is 4.31. The van der Waals surface area contributed by atoms with E-state index in [0.717, 1.165) is 12.2 Å². The minimum absolute atomic E-state index is 0.643. The summed E-state index contributed by atoms with van der Waals surface area (Å²) in [5.74, 6) is 0. The van der Waals surface area contributed by atoms with Crippen molar-refractivity contribution >= 4 is 23.0 Å². The Morgan fingerprint density at radius 3 is 2.39 bits per heavy atom. The van der Waals surface area contributed by atoms with Crippen molar-refractivity contribution in [2.75, 3.05) is 5.32 Å². The van der Waals surface area contributed by atoms with Crippen LogP contribution >= 0.6 is 12.2 Å². The molecule has 2 nitrogen and oxygen atoms in total. The zero-order valence-electron chi connectivity index (χ0n) is 10.3. The van der Waals surface area contributed by atoms with Gasteiger partial charge in [0, 0.05) is 12.2 Å². The smallest absolute Gasteiger partial charge is 0.171 e. The van der Waals surface area contributed by atoms with E-state index >= 15 is 0 Å². The van der Waals surface area contributed by atoms with Gasteiger partial charge >= 0.3 is 0 Å². The first-order valence-electron chi connectivity index (χ1n) is 5.90. The molecule has 3 heteroatoms. The second-order valence-electron chi connectivity index (χ2n) is 4.10. The molecular formula is C15H16N2S. The molecule has 0 aliphatic rings. The molecule has 0 amide bonds. The van der Waals surface area contributed by atoms with E-state index in [2.05, 4.69) is 29.7 Å². The number of thiocarbonyl (C=S) groups is 1. The monoisotopic (exact) mass is 256 g/mol. The number of aryl methyl sites for hydroxylation is 1. The highest BCUT2D eigenvalue weighted by molar-refractivity contribution is 7.80. The summed E-state index contributed by atoms with van der Waals surface area (Å²) in [4.78, 5) is 0. The van der Waals surface area contributed by atoms with E-state index < -0.39 is 0 Å². The second-order valence-corrected chi connectivity index (χ2v) is 4.51. The van der Waals surface area contributed by atoms with Crippen molar-refractivity contribution < 1.29 is 0 Å². The van der Waals surface area contributed by atoms with Crippen LogP contribution in [0.25, 0.3) is 0 Å². The molecule has 0 aliphatic carbocycles. The van der Waals surface area contributed by atoms with Crippen LogP contribution in [-0.4, -0.2) is 5.11 Å². The zero-order valence-corrected chi connectivity index (χ0v) is 11.1. The van der Waals surface area contributed by atoms with Crippen LogP contribution < -0.4 is 10.6 Å². The molecule has 2 aromatic carbocycles. The molecule has 0 heterocycles. The molecule has 0 aliphatic heterocycles. The molecule has 0 unspecified atom stereocenters. The molecular weight excluding hydrogens is 240 g/mol. The standard InChI is InChI=1S/C15H16N2S/c1-12-7-5-6-8-13(12)11-16-15(18)17-14-9-3-2-4-10-14/h2-10H,11H2,1H3,(H2,16,17,18). The molecule has 0 spiro atoms. The fourth-order valence-electron chi connectivity index (χ4n) is 1.68. The first kappa shape index (κ1) is 12.6. The number of benzene rings is 2. The van der Waals surface area contributed by atoms with Crippen LogP contribution in [0.4, 0.5) is 5.69 Å². The van der Waals surface area contributed by atoms with Crippen LogP contribution in [0, 0.1) is 6.92 Å².